The molecule has 0 aliphatic carbocycles. The van der Waals surface area contributed by atoms with Crippen LogP contribution in [0.5, 0.6) is 0 Å². The number of alkyl halides is 3. The van der Waals surface area contributed by atoms with Crippen LogP contribution in [0.2, 0.25) is 0 Å². The van der Waals surface area contributed by atoms with Crippen molar-refractivity contribution in [2.24, 2.45) is 0 Å². The molecule has 0 saturated carbocycles. The lowest BCUT2D eigenvalue weighted by atomic mass is 10.1. The van der Waals surface area contributed by atoms with Crippen LogP contribution in [0.25, 0.3) is 11.0 Å². The fraction of sp³-hybridized carbons (Fsp3) is 0.462. The number of fused-ring (bicyclic) bond motifs is 1. The Kier molecular flexibility index (Phi) is 6.52. The zero-order chi connectivity index (χ0) is 15.2. The maximum absolute atomic E-state index is 12.9. The monoisotopic (exact) mass is 279 g/mol. The number of halogens is 4. The molecule has 108 valence electrons. The Morgan fingerprint density at radius 3 is 2.05 bits per heavy atom. The molecule has 0 bridgehead atoms. The van der Waals surface area contributed by atoms with Gasteiger partial charge in [-0.25, -0.2) is 4.39 Å². The molecular formula is C13H17F4NO. The zero-order valence-electron chi connectivity index (χ0n) is 11.5. The number of nitrogens with zero attached hydrogens (tertiary/aromatic N) is 1. The van der Waals surface area contributed by atoms with Crippen LogP contribution >= 0.6 is 0 Å². The molecule has 0 N–H and O–H groups in total. The van der Waals surface area contributed by atoms with E-state index in [4.69, 9.17) is 0 Å². The van der Waals surface area contributed by atoms with Gasteiger partial charge < -0.3 is 4.52 Å². The van der Waals surface area contributed by atoms with Crippen molar-refractivity contribution >= 4 is 11.0 Å². The quantitative estimate of drug-likeness (QED) is 0.608. The van der Waals surface area contributed by atoms with Gasteiger partial charge in [-0.15, -0.1) is 0 Å². The highest BCUT2D eigenvalue weighted by Crippen LogP contribution is 2.36. The third-order valence-electron chi connectivity index (χ3n) is 2.02. The summed E-state index contributed by atoms with van der Waals surface area (Å²) in [6, 6.07) is 1.36. The Balaban J connectivity index is 0.000000741. The largest absolute Gasteiger partial charge is 0.420 e. The Hall–Kier alpha value is -1.59. The first-order valence-corrected chi connectivity index (χ1v) is 6.02. The summed E-state index contributed by atoms with van der Waals surface area (Å²) < 4.78 is 54.8. The lowest BCUT2D eigenvalue weighted by Crippen LogP contribution is -2.05. The molecule has 1 aromatic carbocycles. The molecule has 2 aromatic rings. The molecule has 1 aromatic heterocycles. The molecule has 0 fully saturated rings. The van der Waals surface area contributed by atoms with E-state index < -0.39 is 23.1 Å². The minimum Gasteiger partial charge on any atom is -0.355 e. The second kappa shape index (κ2) is 7.11. The van der Waals surface area contributed by atoms with E-state index in [-0.39, 0.29) is 11.1 Å². The molecule has 2 rings (SSSR count). The molecule has 2 nitrogen and oxygen atoms in total. The first-order chi connectivity index (χ1) is 8.89. The summed E-state index contributed by atoms with van der Waals surface area (Å²) in [5.74, 6) is -0.957. The molecule has 19 heavy (non-hydrogen) atoms. The summed E-state index contributed by atoms with van der Waals surface area (Å²) in [5.41, 5.74) is -1.34. The summed E-state index contributed by atoms with van der Waals surface area (Å²) >= 11 is 0. The summed E-state index contributed by atoms with van der Waals surface area (Å²) in [7, 11) is 0. The van der Waals surface area contributed by atoms with Gasteiger partial charge in [0.1, 0.15) is 11.4 Å². The predicted octanol–water partition coefficient (Wildman–Crippen LogP) is 5.35. The van der Waals surface area contributed by atoms with Crippen LogP contribution in [0.15, 0.2) is 16.7 Å². The predicted molar refractivity (Wildman–Crippen MR) is 66.4 cm³/mol. The summed E-state index contributed by atoms with van der Waals surface area (Å²) in [5, 5.41) is 3.41. The SMILES string of the molecule is CC.CC.Cc1noc2c(C(F)(F)F)cc(F)cc12. The maximum atomic E-state index is 12.9. The molecule has 0 atom stereocenters. The molecule has 1 heterocycles. The van der Waals surface area contributed by atoms with Crippen molar-refractivity contribution in [1.29, 1.82) is 0 Å². The number of hydrogen-bond donors (Lipinski definition) is 0. The minimum absolute atomic E-state index is 0.0438. The Labute approximate surface area is 109 Å². The van der Waals surface area contributed by atoms with Crippen LogP contribution in [0.3, 0.4) is 0 Å². The first kappa shape index (κ1) is 17.4. The van der Waals surface area contributed by atoms with E-state index in [1.165, 1.54) is 6.92 Å². The van der Waals surface area contributed by atoms with Crippen LogP contribution in [0.4, 0.5) is 17.6 Å². The molecule has 0 unspecified atom stereocenters. The molecule has 0 amide bonds. The number of aryl methyl sites for hydroxylation is 1. The van der Waals surface area contributed by atoms with E-state index in [2.05, 4.69) is 9.68 Å². The number of hydrogen-bond acceptors (Lipinski definition) is 2. The molecule has 0 saturated heterocycles. The van der Waals surface area contributed by atoms with E-state index in [1.54, 1.807) is 0 Å². The Morgan fingerprint density at radius 2 is 1.58 bits per heavy atom. The van der Waals surface area contributed by atoms with Crippen molar-refractivity contribution in [3.8, 4) is 0 Å². The van der Waals surface area contributed by atoms with Gasteiger partial charge in [-0.1, -0.05) is 32.9 Å². The van der Waals surface area contributed by atoms with Gasteiger partial charge in [0.2, 0.25) is 0 Å². The van der Waals surface area contributed by atoms with Crippen molar-refractivity contribution < 1.29 is 22.1 Å². The number of aromatic nitrogens is 1. The van der Waals surface area contributed by atoms with Crippen LogP contribution in [0, 0.1) is 12.7 Å². The zero-order valence-corrected chi connectivity index (χ0v) is 11.5. The van der Waals surface area contributed by atoms with Crippen LogP contribution in [-0.4, -0.2) is 5.16 Å². The van der Waals surface area contributed by atoms with E-state index in [9.17, 15) is 17.6 Å². The highest BCUT2D eigenvalue weighted by Gasteiger charge is 2.35. The molecule has 0 radical (unpaired) electrons. The van der Waals surface area contributed by atoms with Crippen LogP contribution in [0.1, 0.15) is 39.0 Å². The fourth-order valence-corrected chi connectivity index (χ4v) is 1.33. The smallest absolute Gasteiger partial charge is 0.355 e. The van der Waals surface area contributed by atoms with Gasteiger partial charge in [0, 0.05) is 5.39 Å². The summed E-state index contributed by atoms with van der Waals surface area (Å²) in [6.07, 6.45) is -4.65. The van der Waals surface area contributed by atoms with Gasteiger partial charge in [-0.2, -0.15) is 13.2 Å². The van der Waals surface area contributed by atoms with Gasteiger partial charge in [-0.3, -0.25) is 0 Å². The van der Waals surface area contributed by atoms with E-state index in [1.807, 2.05) is 27.7 Å². The third kappa shape index (κ3) is 3.94. The highest BCUT2D eigenvalue weighted by atomic mass is 19.4. The molecular weight excluding hydrogens is 262 g/mol. The summed E-state index contributed by atoms with van der Waals surface area (Å²) in [6.45, 7) is 9.45. The lowest BCUT2D eigenvalue weighted by molar-refractivity contribution is -0.137. The Bertz CT molecular complexity index is 517. The van der Waals surface area contributed by atoms with Crippen molar-refractivity contribution in [1.82, 2.24) is 5.16 Å². The van der Waals surface area contributed by atoms with E-state index in [0.717, 1.165) is 6.07 Å². The molecule has 6 heteroatoms. The number of rotatable bonds is 0. The van der Waals surface area contributed by atoms with Gasteiger partial charge in [0.25, 0.3) is 0 Å². The topological polar surface area (TPSA) is 26.0 Å². The minimum atomic E-state index is -4.65. The van der Waals surface area contributed by atoms with Gasteiger partial charge in [-0.05, 0) is 19.1 Å². The first-order valence-electron chi connectivity index (χ1n) is 6.02. The van der Waals surface area contributed by atoms with Crippen molar-refractivity contribution in [3.05, 3.63) is 29.2 Å². The second-order valence-electron chi connectivity index (χ2n) is 3.10. The average Bonchev–Trinajstić information content (AvgIpc) is 2.74. The lowest BCUT2D eigenvalue weighted by Gasteiger charge is -2.06. The Morgan fingerprint density at radius 1 is 1.05 bits per heavy atom. The second-order valence-corrected chi connectivity index (χ2v) is 3.10. The third-order valence-corrected chi connectivity index (χ3v) is 2.02. The maximum Gasteiger partial charge on any atom is 0.420 e. The van der Waals surface area contributed by atoms with Gasteiger partial charge in [0.15, 0.2) is 5.58 Å². The van der Waals surface area contributed by atoms with Crippen LogP contribution in [-0.2, 0) is 6.18 Å². The highest BCUT2D eigenvalue weighted by molar-refractivity contribution is 5.82. The van der Waals surface area contributed by atoms with Gasteiger partial charge >= 0.3 is 6.18 Å². The summed E-state index contributed by atoms with van der Waals surface area (Å²) in [4.78, 5) is 0. The normalized spacial score (nSPS) is 10.4. The molecule has 0 spiro atoms. The van der Waals surface area contributed by atoms with Crippen molar-refractivity contribution in [2.75, 3.05) is 0 Å². The number of benzene rings is 1. The fourth-order valence-electron chi connectivity index (χ4n) is 1.33. The van der Waals surface area contributed by atoms with Gasteiger partial charge in [0.05, 0.1) is 5.69 Å². The van der Waals surface area contributed by atoms with E-state index in [0.29, 0.717) is 6.07 Å². The van der Waals surface area contributed by atoms with Crippen LogP contribution < -0.4 is 0 Å². The standard InChI is InChI=1S/C9H5F4NO.2C2H6/c1-4-6-2-5(10)3-7(9(11,12)13)8(6)15-14-4;2*1-2/h2-3H,1H3;2*1-2H3. The van der Waals surface area contributed by atoms with Crippen molar-refractivity contribution in [3.63, 3.8) is 0 Å². The molecule has 0 aliphatic heterocycles. The average molecular weight is 279 g/mol. The molecule has 0 aliphatic rings. The van der Waals surface area contributed by atoms with E-state index >= 15 is 0 Å². The van der Waals surface area contributed by atoms with Crippen molar-refractivity contribution in [2.45, 2.75) is 40.8 Å².